The SMILES string of the molecule is CCCC(C)N(C)C(=O)c1cccnc1Br. The Hall–Kier alpha value is -0.900. The van der Waals surface area contributed by atoms with E-state index in [1.54, 1.807) is 23.2 Å². The maximum absolute atomic E-state index is 12.1. The lowest BCUT2D eigenvalue weighted by Gasteiger charge is -2.24. The molecule has 0 radical (unpaired) electrons. The summed E-state index contributed by atoms with van der Waals surface area (Å²) in [5.41, 5.74) is 0.618. The molecule has 0 N–H and O–H groups in total. The quantitative estimate of drug-likeness (QED) is 0.796. The van der Waals surface area contributed by atoms with Crippen LogP contribution in [0.3, 0.4) is 0 Å². The highest BCUT2D eigenvalue weighted by molar-refractivity contribution is 9.10. The summed E-state index contributed by atoms with van der Waals surface area (Å²) in [5.74, 6) is 0.0147. The highest BCUT2D eigenvalue weighted by Gasteiger charge is 2.18. The molecule has 16 heavy (non-hydrogen) atoms. The summed E-state index contributed by atoms with van der Waals surface area (Å²) in [6.07, 6.45) is 3.75. The highest BCUT2D eigenvalue weighted by atomic mass is 79.9. The van der Waals surface area contributed by atoms with Crippen LogP contribution in [0.5, 0.6) is 0 Å². The van der Waals surface area contributed by atoms with Gasteiger partial charge in [-0.15, -0.1) is 0 Å². The Bertz CT molecular complexity index is 368. The van der Waals surface area contributed by atoms with Crippen LogP contribution in [-0.2, 0) is 0 Å². The van der Waals surface area contributed by atoms with Gasteiger partial charge in [0, 0.05) is 19.3 Å². The third kappa shape index (κ3) is 3.04. The first-order chi connectivity index (χ1) is 7.57. The maximum atomic E-state index is 12.1. The first kappa shape index (κ1) is 13.2. The van der Waals surface area contributed by atoms with Crippen LogP contribution in [0, 0.1) is 0 Å². The lowest BCUT2D eigenvalue weighted by molar-refractivity contribution is 0.0735. The number of carbonyl (C=O) groups is 1. The summed E-state index contributed by atoms with van der Waals surface area (Å²) in [4.78, 5) is 18.0. The first-order valence-electron chi connectivity index (χ1n) is 5.45. The molecule has 0 aliphatic heterocycles. The zero-order valence-electron chi connectivity index (χ0n) is 9.90. The van der Waals surface area contributed by atoms with Crippen molar-refractivity contribution in [2.75, 3.05) is 7.05 Å². The van der Waals surface area contributed by atoms with Crippen molar-refractivity contribution in [3.05, 3.63) is 28.5 Å². The van der Waals surface area contributed by atoms with E-state index in [0.717, 1.165) is 12.8 Å². The Kier molecular flexibility index (Phi) is 4.93. The Morgan fingerprint density at radius 2 is 2.31 bits per heavy atom. The first-order valence-corrected chi connectivity index (χ1v) is 6.24. The van der Waals surface area contributed by atoms with Crippen LogP contribution in [0.25, 0.3) is 0 Å². The maximum Gasteiger partial charge on any atom is 0.256 e. The standard InChI is InChI=1S/C12H17BrN2O/c1-4-6-9(2)15(3)12(16)10-7-5-8-14-11(10)13/h5,7-9H,4,6H2,1-3H3. The van der Waals surface area contributed by atoms with E-state index >= 15 is 0 Å². The molecule has 1 aromatic heterocycles. The number of halogens is 1. The van der Waals surface area contributed by atoms with Gasteiger partial charge in [-0.05, 0) is 41.4 Å². The molecule has 1 rings (SSSR count). The molecule has 1 atom stereocenters. The van der Waals surface area contributed by atoms with Gasteiger partial charge in [0.2, 0.25) is 0 Å². The summed E-state index contributed by atoms with van der Waals surface area (Å²) < 4.78 is 0.607. The second-order valence-corrected chi connectivity index (χ2v) is 4.65. The van der Waals surface area contributed by atoms with Gasteiger partial charge in [-0.3, -0.25) is 4.79 Å². The van der Waals surface area contributed by atoms with Gasteiger partial charge in [-0.2, -0.15) is 0 Å². The third-order valence-corrected chi connectivity index (χ3v) is 3.31. The molecule has 0 bridgehead atoms. The molecule has 0 saturated carbocycles. The number of hydrogen-bond donors (Lipinski definition) is 0. The highest BCUT2D eigenvalue weighted by Crippen LogP contribution is 2.16. The van der Waals surface area contributed by atoms with Crippen molar-refractivity contribution in [2.24, 2.45) is 0 Å². The van der Waals surface area contributed by atoms with Gasteiger partial charge in [0.15, 0.2) is 0 Å². The normalized spacial score (nSPS) is 12.2. The van der Waals surface area contributed by atoms with Gasteiger partial charge in [-0.25, -0.2) is 4.98 Å². The van der Waals surface area contributed by atoms with Crippen LogP contribution in [0.15, 0.2) is 22.9 Å². The van der Waals surface area contributed by atoms with Crippen molar-refractivity contribution in [1.29, 1.82) is 0 Å². The van der Waals surface area contributed by atoms with Crippen LogP contribution >= 0.6 is 15.9 Å². The Morgan fingerprint density at radius 1 is 1.62 bits per heavy atom. The Labute approximate surface area is 105 Å². The van der Waals surface area contributed by atoms with Gasteiger partial charge in [0.05, 0.1) is 5.56 Å². The van der Waals surface area contributed by atoms with Crippen LogP contribution < -0.4 is 0 Å². The molecule has 4 heteroatoms. The average Bonchev–Trinajstić information content (AvgIpc) is 2.28. The lowest BCUT2D eigenvalue weighted by Crippen LogP contribution is -2.35. The second-order valence-electron chi connectivity index (χ2n) is 3.90. The number of hydrogen-bond acceptors (Lipinski definition) is 2. The minimum atomic E-state index is 0.0147. The van der Waals surface area contributed by atoms with E-state index in [0.29, 0.717) is 10.2 Å². The molecular weight excluding hydrogens is 268 g/mol. The molecule has 1 amide bonds. The van der Waals surface area contributed by atoms with E-state index in [1.165, 1.54) is 0 Å². The summed E-state index contributed by atoms with van der Waals surface area (Å²) in [5, 5.41) is 0. The van der Waals surface area contributed by atoms with Gasteiger partial charge in [0.1, 0.15) is 4.60 Å². The fraction of sp³-hybridized carbons (Fsp3) is 0.500. The number of amides is 1. The van der Waals surface area contributed by atoms with E-state index < -0.39 is 0 Å². The van der Waals surface area contributed by atoms with E-state index in [9.17, 15) is 4.79 Å². The van der Waals surface area contributed by atoms with E-state index in [1.807, 2.05) is 7.05 Å². The van der Waals surface area contributed by atoms with Crippen LogP contribution in [-0.4, -0.2) is 28.9 Å². The third-order valence-electron chi connectivity index (χ3n) is 2.68. The van der Waals surface area contributed by atoms with Gasteiger partial charge < -0.3 is 4.90 Å². The Morgan fingerprint density at radius 3 is 2.88 bits per heavy atom. The minimum absolute atomic E-state index is 0.0147. The van der Waals surface area contributed by atoms with Crippen LogP contribution in [0.2, 0.25) is 0 Å². The van der Waals surface area contributed by atoms with Crippen molar-refractivity contribution in [3.8, 4) is 0 Å². The van der Waals surface area contributed by atoms with E-state index in [2.05, 4.69) is 34.8 Å². The number of rotatable bonds is 4. The molecule has 0 aliphatic rings. The zero-order valence-corrected chi connectivity index (χ0v) is 11.5. The van der Waals surface area contributed by atoms with Crippen molar-refractivity contribution >= 4 is 21.8 Å². The molecule has 0 fully saturated rings. The molecule has 1 heterocycles. The van der Waals surface area contributed by atoms with E-state index in [4.69, 9.17) is 0 Å². The van der Waals surface area contributed by atoms with Crippen molar-refractivity contribution in [3.63, 3.8) is 0 Å². The molecule has 1 unspecified atom stereocenters. The van der Waals surface area contributed by atoms with E-state index in [-0.39, 0.29) is 11.9 Å². The summed E-state index contributed by atoms with van der Waals surface area (Å²) in [6, 6.07) is 3.81. The lowest BCUT2D eigenvalue weighted by atomic mass is 10.1. The van der Waals surface area contributed by atoms with Crippen molar-refractivity contribution in [2.45, 2.75) is 32.7 Å². The minimum Gasteiger partial charge on any atom is -0.339 e. The fourth-order valence-corrected chi connectivity index (χ4v) is 1.97. The summed E-state index contributed by atoms with van der Waals surface area (Å²) >= 11 is 3.29. The molecule has 88 valence electrons. The largest absolute Gasteiger partial charge is 0.339 e. The molecular formula is C12H17BrN2O. The van der Waals surface area contributed by atoms with Crippen molar-refractivity contribution < 1.29 is 4.79 Å². The predicted molar refractivity (Wildman–Crippen MR) is 68.4 cm³/mol. The Balaban J connectivity index is 2.82. The van der Waals surface area contributed by atoms with Crippen molar-refractivity contribution in [1.82, 2.24) is 9.88 Å². The second kappa shape index (κ2) is 5.99. The van der Waals surface area contributed by atoms with Gasteiger partial charge in [0.25, 0.3) is 5.91 Å². The monoisotopic (exact) mass is 284 g/mol. The number of carbonyl (C=O) groups excluding carboxylic acids is 1. The number of pyridine rings is 1. The molecule has 0 aromatic carbocycles. The van der Waals surface area contributed by atoms with Crippen LogP contribution in [0.4, 0.5) is 0 Å². The van der Waals surface area contributed by atoms with Crippen LogP contribution in [0.1, 0.15) is 37.0 Å². The summed E-state index contributed by atoms with van der Waals surface area (Å²) in [7, 11) is 1.84. The average molecular weight is 285 g/mol. The fourth-order valence-electron chi connectivity index (χ4n) is 1.55. The van der Waals surface area contributed by atoms with Gasteiger partial charge in [-0.1, -0.05) is 13.3 Å². The summed E-state index contributed by atoms with van der Waals surface area (Å²) in [6.45, 7) is 4.18. The number of aromatic nitrogens is 1. The topological polar surface area (TPSA) is 33.2 Å². The molecule has 3 nitrogen and oxygen atoms in total. The smallest absolute Gasteiger partial charge is 0.256 e. The molecule has 1 aromatic rings. The zero-order chi connectivity index (χ0) is 12.1. The predicted octanol–water partition coefficient (Wildman–Crippen LogP) is 3.10. The molecule has 0 spiro atoms. The van der Waals surface area contributed by atoms with Gasteiger partial charge >= 0.3 is 0 Å². The molecule has 0 saturated heterocycles. The molecule has 0 aliphatic carbocycles. The number of nitrogens with zero attached hydrogens (tertiary/aromatic N) is 2.